The van der Waals surface area contributed by atoms with Crippen LogP contribution in [0.1, 0.15) is 30.1 Å². The molecule has 1 fully saturated rings. The summed E-state index contributed by atoms with van der Waals surface area (Å²) in [7, 11) is 0.349. The summed E-state index contributed by atoms with van der Waals surface area (Å²) < 4.78 is 27.1. The van der Waals surface area contributed by atoms with Gasteiger partial charge in [0.05, 0.1) is 4.90 Å². The molecule has 1 saturated heterocycles. The van der Waals surface area contributed by atoms with Gasteiger partial charge in [0.25, 0.3) is 5.91 Å². The molecule has 1 heterocycles. The number of piperidine rings is 1. The van der Waals surface area contributed by atoms with Gasteiger partial charge in [-0.2, -0.15) is 4.31 Å². The molecule has 0 aliphatic carbocycles. The van der Waals surface area contributed by atoms with E-state index in [1.807, 2.05) is 37.2 Å². The number of rotatable bonds is 5. The number of carbonyl (C=O) groups excluding carboxylic acids is 1. The Labute approximate surface area is 167 Å². The van der Waals surface area contributed by atoms with E-state index in [4.69, 9.17) is 0 Å². The molecule has 1 aliphatic heterocycles. The van der Waals surface area contributed by atoms with Crippen molar-refractivity contribution in [3.05, 3.63) is 54.1 Å². The third-order valence-corrected chi connectivity index (χ3v) is 7.03. The summed E-state index contributed by atoms with van der Waals surface area (Å²) in [5.74, 6) is 0.333. The molecule has 0 unspecified atom stereocenters. The lowest BCUT2D eigenvalue weighted by Gasteiger charge is -2.29. The van der Waals surface area contributed by atoms with Crippen molar-refractivity contribution < 1.29 is 13.2 Å². The number of amides is 1. The summed E-state index contributed by atoms with van der Waals surface area (Å²) in [6.45, 7) is 3.27. The van der Waals surface area contributed by atoms with Crippen LogP contribution in [-0.4, -0.2) is 45.8 Å². The van der Waals surface area contributed by atoms with Crippen molar-refractivity contribution in [3.8, 4) is 0 Å². The topological polar surface area (TPSA) is 69.7 Å². The average molecular weight is 402 g/mol. The first-order valence-corrected chi connectivity index (χ1v) is 10.9. The maximum Gasteiger partial charge on any atom is 0.255 e. The number of sulfonamides is 1. The fraction of sp³-hybridized carbons (Fsp3) is 0.381. The Kier molecular flexibility index (Phi) is 6.05. The van der Waals surface area contributed by atoms with Crippen molar-refractivity contribution >= 4 is 27.3 Å². The molecule has 7 heteroatoms. The molecule has 28 heavy (non-hydrogen) atoms. The lowest BCUT2D eigenvalue weighted by Crippen LogP contribution is -2.37. The number of hydrogen-bond acceptors (Lipinski definition) is 4. The maximum atomic E-state index is 12.8. The van der Waals surface area contributed by atoms with E-state index in [1.165, 1.54) is 0 Å². The van der Waals surface area contributed by atoms with E-state index in [0.29, 0.717) is 30.3 Å². The van der Waals surface area contributed by atoms with Crippen molar-refractivity contribution in [2.45, 2.75) is 24.7 Å². The van der Waals surface area contributed by atoms with Gasteiger partial charge in [-0.1, -0.05) is 13.0 Å². The summed E-state index contributed by atoms with van der Waals surface area (Å²) in [6.07, 6.45) is 1.78. The Hall–Kier alpha value is -2.38. The van der Waals surface area contributed by atoms with Crippen LogP contribution in [0.25, 0.3) is 0 Å². The highest BCUT2D eigenvalue weighted by Crippen LogP contribution is 2.24. The summed E-state index contributed by atoms with van der Waals surface area (Å²) in [5.41, 5.74) is 2.04. The normalized spacial score (nSPS) is 16.0. The van der Waals surface area contributed by atoms with Crippen LogP contribution in [0.5, 0.6) is 0 Å². The van der Waals surface area contributed by atoms with Crippen molar-refractivity contribution in [2.24, 2.45) is 5.92 Å². The van der Waals surface area contributed by atoms with Gasteiger partial charge < -0.3 is 10.2 Å². The molecule has 0 spiro atoms. The van der Waals surface area contributed by atoms with Gasteiger partial charge in [-0.15, -0.1) is 0 Å². The fourth-order valence-corrected chi connectivity index (χ4v) is 4.68. The van der Waals surface area contributed by atoms with Gasteiger partial charge in [0.2, 0.25) is 10.0 Å². The molecule has 0 radical (unpaired) electrons. The summed E-state index contributed by atoms with van der Waals surface area (Å²) in [5, 5.41) is 2.82. The Morgan fingerprint density at radius 2 is 1.71 bits per heavy atom. The Morgan fingerprint density at radius 1 is 1.07 bits per heavy atom. The zero-order valence-corrected chi connectivity index (χ0v) is 17.4. The van der Waals surface area contributed by atoms with E-state index in [1.54, 1.807) is 34.6 Å². The van der Waals surface area contributed by atoms with Crippen LogP contribution in [0.2, 0.25) is 0 Å². The summed E-state index contributed by atoms with van der Waals surface area (Å²) >= 11 is 0. The van der Waals surface area contributed by atoms with Crippen LogP contribution < -0.4 is 10.2 Å². The van der Waals surface area contributed by atoms with Crippen molar-refractivity contribution in [1.82, 2.24) is 4.31 Å². The highest BCUT2D eigenvalue weighted by Gasteiger charge is 2.27. The Morgan fingerprint density at radius 3 is 2.32 bits per heavy atom. The predicted molar refractivity (Wildman–Crippen MR) is 112 cm³/mol. The van der Waals surface area contributed by atoms with Gasteiger partial charge in [0.15, 0.2) is 0 Å². The minimum atomic E-state index is -3.48. The first kappa shape index (κ1) is 20.4. The van der Waals surface area contributed by atoms with Gasteiger partial charge in [-0.3, -0.25) is 4.79 Å². The summed E-state index contributed by atoms with van der Waals surface area (Å²) in [6, 6.07) is 13.7. The van der Waals surface area contributed by atoms with Crippen LogP contribution in [0.4, 0.5) is 11.4 Å². The van der Waals surface area contributed by atoms with Crippen molar-refractivity contribution in [3.63, 3.8) is 0 Å². The average Bonchev–Trinajstić information content (AvgIpc) is 2.69. The highest BCUT2D eigenvalue weighted by molar-refractivity contribution is 7.89. The van der Waals surface area contributed by atoms with E-state index in [-0.39, 0.29) is 10.8 Å². The standard InChI is InChI=1S/C21H27N3O3S/c1-16-11-13-24(14-12-16)28(26,27)20-9-7-18(8-10-20)22-21(25)17-5-4-6-19(15-17)23(2)3/h4-10,15-16H,11-14H2,1-3H3,(H,22,25). The quantitative estimate of drug-likeness (QED) is 0.833. The molecule has 0 saturated carbocycles. The molecule has 1 amide bonds. The Bertz CT molecular complexity index is 932. The van der Waals surface area contributed by atoms with Gasteiger partial charge in [-0.05, 0) is 61.2 Å². The van der Waals surface area contributed by atoms with E-state index in [2.05, 4.69) is 12.2 Å². The molecule has 3 rings (SSSR count). The van der Waals surface area contributed by atoms with Crippen LogP contribution in [0.15, 0.2) is 53.4 Å². The number of benzene rings is 2. The minimum Gasteiger partial charge on any atom is -0.378 e. The highest BCUT2D eigenvalue weighted by atomic mass is 32.2. The molecular weight excluding hydrogens is 374 g/mol. The van der Waals surface area contributed by atoms with Crippen LogP contribution in [-0.2, 0) is 10.0 Å². The molecule has 1 aliphatic rings. The molecular formula is C21H27N3O3S. The van der Waals surface area contributed by atoms with Crippen molar-refractivity contribution in [2.75, 3.05) is 37.4 Å². The number of carbonyl (C=O) groups is 1. The molecule has 1 N–H and O–H groups in total. The van der Waals surface area contributed by atoms with E-state index >= 15 is 0 Å². The first-order valence-electron chi connectivity index (χ1n) is 9.46. The second-order valence-corrected chi connectivity index (χ2v) is 9.45. The number of nitrogens with one attached hydrogen (secondary N) is 1. The van der Waals surface area contributed by atoms with Gasteiger partial charge in [0, 0.05) is 44.1 Å². The second-order valence-electron chi connectivity index (χ2n) is 7.51. The number of anilines is 2. The van der Waals surface area contributed by atoms with Crippen LogP contribution >= 0.6 is 0 Å². The Balaban J connectivity index is 1.70. The SMILES string of the molecule is CC1CCN(S(=O)(=O)c2ccc(NC(=O)c3cccc(N(C)C)c3)cc2)CC1. The monoisotopic (exact) mass is 401 g/mol. The van der Waals surface area contributed by atoms with Crippen molar-refractivity contribution in [1.29, 1.82) is 0 Å². The fourth-order valence-electron chi connectivity index (χ4n) is 3.21. The lowest BCUT2D eigenvalue weighted by atomic mass is 10.0. The number of nitrogens with zero attached hydrogens (tertiary/aromatic N) is 2. The van der Waals surface area contributed by atoms with Gasteiger partial charge in [-0.25, -0.2) is 8.42 Å². The maximum absolute atomic E-state index is 12.8. The van der Waals surface area contributed by atoms with Gasteiger partial charge in [0.1, 0.15) is 0 Å². The van der Waals surface area contributed by atoms with E-state index in [0.717, 1.165) is 18.5 Å². The largest absolute Gasteiger partial charge is 0.378 e. The van der Waals surface area contributed by atoms with Crippen LogP contribution in [0.3, 0.4) is 0 Å². The summed E-state index contributed by atoms with van der Waals surface area (Å²) in [4.78, 5) is 14.7. The zero-order chi connectivity index (χ0) is 20.3. The third-order valence-electron chi connectivity index (χ3n) is 5.12. The van der Waals surface area contributed by atoms with E-state index < -0.39 is 10.0 Å². The molecule has 150 valence electrons. The molecule has 0 aromatic heterocycles. The second kappa shape index (κ2) is 8.32. The number of hydrogen-bond donors (Lipinski definition) is 1. The molecule has 0 atom stereocenters. The van der Waals surface area contributed by atoms with Gasteiger partial charge >= 0.3 is 0 Å². The molecule has 0 bridgehead atoms. The van der Waals surface area contributed by atoms with E-state index in [9.17, 15) is 13.2 Å². The minimum absolute atomic E-state index is 0.232. The first-order chi connectivity index (χ1) is 13.3. The van der Waals surface area contributed by atoms with Crippen LogP contribution in [0, 0.1) is 5.92 Å². The third kappa shape index (κ3) is 4.54. The molecule has 6 nitrogen and oxygen atoms in total. The molecule has 2 aromatic rings. The zero-order valence-electron chi connectivity index (χ0n) is 16.6. The predicted octanol–water partition coefficient (Wildman–Crippen LogP) is 3.43. The smallest absolute Gasteiger partial charge is 0.255 e. The lowest BCUT2D eigenvalue weighted by molar-refractivity contribution is 0.102. The molecule has 2 aromatic carbocycles.